The molecule has 38 heavy (non-hydrogen) atoms. The second-order valence-electron chi connectivity index (χ2n) is 10.6. The number of benzene rings is 2. The maximum atomic E-state index is 13.5. The molecular formula is C28H30F6N2O2. The van der Waals surface area contributed by atoms with Crippen LogP contribution in [0.4, 0.5) is 26.3 Å². The van der Waals surface area contributed by atoms with E-state index in [0.717, 1.165) is 37.9 Å². The van der Waals surface area contributed by atoms with Gasteiger partial charge in [0.15, 0.2) is 0 Å². The number of hydrogen-bond donors (Lipinski definition) is 1. The molecule has 1 N–H and O–H groups in total. The Labute approximate surface area is 217 Å². The lowest BCUT2D eigenvalue weighted by Crippen LogP contribution is -2.54. The number of rotatable bonds is 5. The van der Waals surface area contributed by atoms with E-state index in [4.69, 9.17) is 4.74 Å². The standard InChI is InChI=1S/C28H30F6N2O2/c29-27(30,31)20-13-18(14-21(15-20)28(32,33)34)17-38-24-10-9-23-22(25(37)36-11-5-2-6-12-36)16-26(24,35-23)19-7-3-1-4-8-19/h1,3-4,7-8,13-15,22-24,35H,2,5-6,9-12,16-17H2/t22-,23+,24-,26-/m1/s1. The molecule has 3 aliphatic heterocycles. The van der Waals surface area contributed by atoms with Gasteiger partial charge in [-0.25, -0.2) is 0 Å². The normalized spacial score (nSPS) is 27.9. The number of piperidine rings is 2. The Morgan fingerprint density at radius 2 is 1.55 bits per heavy atom. The number of nitrogens with one attached hydrogen (secondary N) is 1. The molecular weight excluding hydrogens is 510 g/mol. The minimum atomic E-state index is -4.92. The van der Waals surface area contributed by atoms with Crippen molar-refractivity contribution in [3.63, 3.8) is 0 Å². The van der Waals surface area contributed by atoms with Gasteiger partial charge >= 0.3 is 12.4 Å². The Balaban J connectivity index is 1.42. The summed E-state index contributed by atoms with van der Waals surface area (Å²) >= 11 is 0. The molecule has 206 valence electrons. The average Bonchev–Trinajstić information content (AvgIpc) is 3.21. The van der Waals surface area contributed by atoms with Crippen LogP contribution in [0.5, 0.6) is 0 Å². The first-order valence-corrected chi connectivity index (χ1v) is 13.0. The highest BCUT2D eigenvalue weighted by Crippen LogP contribution is 2.48. The topological polar surface area (TPSA) is 41.6 Å². The van der Waals surface area contributed by atoms with Crippen LogP contribution in [-0.2, 0) is 34.0 Å². The van der Waals surface area contributed by atoms with Crippen LogP contribution in [0.25, 0.3) is 0 Å². The van der Waals surface area contributed by atoms with Crippen molar-refractivity contribution in [2.75, 3.05) is 13.1 Å². The van der Waals surface area contributed by atoms with Crippen molar-refractivity contribution < 1.29 is 35.9 Å². The van der Waals surface area contributed by atoms with Crippen molar-refractivity contribution in [3.05, 3.63) is 70.8 Å². The average molecular weight is 541 g/mol. The van der Waals surface area contributed by atoms with Gasteiger partial charge < -0.3 is 15.0 Å². The van der Waals surface area contributed by atoms with E-state index in [2.05, 4.69) is 5.32 Å². The molecule has 0 radical (unpaired) electrons. The van der Waals surface area contributed by atoms with E-state index in [0.29, 0.717) is 31.4 Å². The predicted octanol–water partition coefficient (Wildman–Crippen LogP) is 6.29. The largest absolute Gasteiger partial charge is 0.416 e. The van der Waals surface area contributed by atoms with Crippen LogP contribution in [0, 0.1) is 5.92 Å². The Morgan fingerprint density at radius 1 is 0.921 bits per heavy atom. The second kappa shape index (κ2) is 10.2. The fourth-order valence-corrected chi connectivity index (χ4v) is 6.31. The fourth-order valence-electron chi connectivity index (χ4n) is 6.31. The Bertz CT molecular complexity index is 1110. The number of carbonyl (C=O) groups excluding carboxylic acids is 1. The van der Waals surface area contributed by atoms with Gasteiger partial charge in [-0.1, -0.05) is 30.3 Å². The smallest absolute Gasteiger partial charge is 0.371 e. The summed E-state index contributed by atoms with van der Waals surface area (Å²) in [5.41, 5.74) is -2.80. The van der Waals surface area contributed by atoms with E-state index in [1.165, 1.54) is 0 Å². The first-order valence-electron chi connectivity index (χ1n) is 13.0. The number of amides is 1. The molecule has 4 atom stereocenters. The lowest BCUT2D eigenvalue weighted by atomic mass is 9.80. The van der Waals surface area contributed by atoms with Crippen molar-refractivity contribution in [2.24, 2.45) is 5.92 Å². The Morgan fingerprint density at radius 3 is 2.16 bits per heavy atom. The van der Waals surface area contributed by atoms with Crippen LogP contribution in [0.3, 0.4) is 0 Å². The van der Waals surface area contributed by atoms with Crippen LogP contribution in [0.15, 0.2) is 48.5 Å². The van der Waals surface area contributed by atoms with Crippen molar-refractivity contribution >= 4 is 5.91 Å². The van der Waals surface area contributed by atoms with Crippen molar-refractivity contribution in [1.29, 1.82) is 0 Å². The number of alkyl halides is 6. The SMILES string of the molecule is O=C([C@@H]1C[C@]2(c3ccccc3)N[C@H]1CC[C@H]2OCc1cc(C(F)(F)F)cc(C(F)(F)F)c1)N1CCCCC1. The van der Waals surface area contributed by atoms with Gasteiger partial charge in [-0.15, -0.1) is 0 Å². The Kier molecular flexibility index (Phi) is 7.24. The molecule has 0 aliphatic carbocycles. The summed E-state index contributed by atoms with van der Waals surface area (Å²) in [5.74, 6) is -0.166. The molecule has 0 saturated carbocycles. The van der Waals surface area contributed by atoms with Crippen LogP contribution in [0.1, 0.15) is 60.8 Å². The lowest BCUT2D eigenvalue weighted by Gasteiger charge is -2.42. The summed E-state index contributed by atoms with van der Waals surface area (Å²) in [4.78, 5) is 15.4. The lowest BCUT2D eigenvalue weighted by molar-refractivity contribution is -0.143. The van der Waals surface area contributed by atoms with Gasteiger partial charge in [-0.05, 0) is 67.9 Å². The summed E-state index contributed by atoms with van der Waals surface area (Å²) in [6, 6.07) is 10.9. The minimum absolute atomic E-state index is 0.0742. The monoisotopic (exact) mass is 540 g/mol. The van der Waals surface area contributed by atoms with Gasteiger partial charge in [0, 0.05) is 19.1 Å². The van der Waals surface area contributed by atoms with Crippen molar-refractivity contribution in [1.82, 2.24) is 10.2 Å². The number of fused-ring (bicyclic) bond motifs is 2. The second-order valence-corrected chi connectivity index (χ2v) is 10.6. The molecule has 5 rings (SSSR count). The molecule has 2 aromatic rings. The van der Waals surface area contributed by atoms with Crippen LogP contribution in [-0.4, -0.2) is 36.0 Å². The van der Waals surface area contributed by atoms with Crippen molar-refractivity contribution in [2.45, 2.75) is 75.2 Å². The third kappa shape index (κ3) is 5.30. The number of carbonyl (C=O) groups is 1. The zero-order valence-corrected chi connectivity index (χ0v) is 20.7. The molecule has 4 nitrogen and oxygen atoms in total. The molecule has 2 bridgehead atoms. The zero-order valence-electron chi connectivity index (χ0n) is 20.7. The van der Waals surface area contributed by atoms with Gasteiger partial charge in [0.1, 0.15) is 0 Å². The number of nitrogens with zero attached hydrogens (tertiary/aromatic N) is 1. The van der Waals surface area contributed by atoms with Gasteiger partial charge in [0.2, 0.25) is 5.91 Å². The van der Waals surface area contributed by atoms with Crippen LogP contribution < -0.4 is 5.32 Å². The van der Waals surface area contributed by atoms with Gasteiger partial charge in [-0.2, -0.15) is 26.3 Å². The summed E-state index contributed by atoms with van der Waals surface area (Å²) in [6.07, 6.45) is -5.72. The first-order chi connectivity index (χ1) is 18.0. The maximum absolute atomic E-state index is 13.5. The summed E-state index contributed by atoms with van der Waals surface area (Å²) in [5, 5.41) is 3.62. The molecule has 0 unspecified atom stereocenters. The summed E-state index contributed by atoms with van der Waals surface area (Å²) in [6.45, 7) is 1.05. The molecule has 10 heteroatoms. The number of ether oxygens (including phenoxy) is 1. The van der Waals surface area contributed by atoms with Crippen LogP contribution >= 0.6 is 0 Å². The van der Waals surface area contributed by atoms with E-state index in [9.17, 15) is 31.1 Å². The quantitative estimate of drug-likeness (QED) is 0.454. The minimum Gasteiger partial charge on any atom is -0.371 e. The number of likely N-dealkylation sites (tertiary alicyclic amines) is 1. The highest BCUT2D eigenvalue weighted by Gasteiger charge is 2.56. The fraction of sp³-hybridized carbons (Fsp3) is 0.536. The molecule has 2 aromatic carbocycles. The molecule has 3 fully saturated rings. The van der Waals surface area contributed by atoms with E-state index in [1.54, 1.807) is 0 Å². The molecule has 0 aromatic heterocycles. The van der Waals surface area contributed by atoms with Gasteiger partial charge in [0.25, 0.3) is 0 Å². The predicted molar refractivity (Wildman–Crippen MR) is 128 cm³/mol. The maximum Gasteiger partial charge on any atom is 0.416 e. The van der Waals surface area contributed by atoms with E-state index >= 15 is 0 Å². The van der Waals surface area contributed by atoms with Crippen LogP contribution in [0.2, 0.25) is 0 Å². The molecule has 0 spiro atoms. The highest BCUT2D eigenvalue weighted by atomic mass is 19.4. The third-order valence-electron chi connectivity index (χ3n) is 8.13. The van der Waals surface area contributed by atoms with E-state index < -0.39 is 41.7 Å². The van der Waals surface area contributed by atoms with Gasteiger partial charge in [0.05, 0.1) is 35.3 Å². The van der Waals surface area contributed by atoms with E-state index in [-0.39, 0.29) is 29.5 Å². The summed E-state index contributed by atoms with van der Waals surface area (Å²) < 4.78 is 86.3. The number of hydrogen-bond acceptors (Lipinski definition) is 3. The Hall–Kier alpha value is -2.59. The van der Waals surface area contributed by atoms with E-state index in [1.807, 2.05) is 35.2 Å². The number of halogens is 6. The highest BCUT2D eigenvalue weighted by molar-refractivity contribution is 5.80. The first kappa shape index (κ1) is 27.0. The summed E-state index contributed by atoms with van der Waals surface area (Å²) in [7, 11) is 0. The molecule has 1 amide bonds. The molecule has 3 aliphatic rings. The van der Waals surface area contributed by atoms with Gasteiger partial charge in [-0.3, -0.25) is 4.79 Å². The third-order valence-corrected chi connectivity index (χ3v) is 8.13. The zero-order chi connectivity index (χ0) is 27.1. The molecule has 3 heterocycles. The van der Waals surface area contributed by atoms with Crippen molar-refractivity contribution in [3.8, 4) is 0 Å². The molecule has 3 saturated heterocycles.